The fraction of sp³-hybridized carbons (Fsp3) is 0.235. The average molecular weight is 388 g/mol. The van der Waals surface area contributed by atoms with Crippen molar-refractivity contribution in [3.8, 4) is 5.69 Å². The van der Waals surface area contributed by atoms with Crippen LogP contribution in [0.1, 0.15) is 12.6 Å². The molecule has 3 aromatic rings. The summed E-state index contributed by atoms with van der Waals surface area (Å²) >= 11 is 3.35. The number of carbonyl (C=O) groups is 1. The Bertz CT molecular complexity index is 837. The standard InChI is InChI=1S/C17H18BrN5O/c1-12(10-22-11-14(18)9-19-22)17(24)20-15-3-5-16(6-4-15)23-8-7-13(2)21-23/h3-9,11-12H,10H2,1-2H3,(H,20,24). The molecule has 2 aromatic heterocycles. The highest BCUT2D eigenvalue weighted by Gasteiger charge is 2.14. The van der Waals surface area contributed by atoms with Gasteiger partial charge in [-0.1, -0.05) is 6.92 Å². The molecule has 2 heterocycles. The first-order valence-corrected chi connectivity index (χ1v) is 8.42. The number of aryl methyl sites for hydroxylation is 1. The van der Waals surface area contributed by atoms with Gasteiger partial charge in [0, 0.05) is 18.1 Å². The fourth-order valence-electron chi connectivity index (χ4n) is 2.32. The summed E-state index contributed by atoms with van der Waals surface area (Å²) in [4.78, 5) is 12.3. The molecule has 0 aliphatic rings. The molecule has 1 atom stereocenters. The van der Waals surface area contributed by atoms with Crippen LogP contribution in [0.15, 0.2) is 53.4 Å². The lowest BCUT2D eigenvalue weighted by molar-refractivity contribution is -0.119. The van der Waals surface area contributed by atoms with Gasteiger partial charge >= 0.3 is 0 Å². The van der Waals surface area contributed by atoms with Crippen molar-refractivity contribution in [2.75, 3.05) is 5.32 Å². The summed E-state index contributed by atoms with van der Waals surface area (Å²) in [5.74, 6) is -0.227. The smallest absolute Gasteiger partial charge is 0.229 e. The molecule has 7 heteroatoms. The number of hydrogen-bond donors (Lipinski definition) is 1. The number of aromatic nitrogens is 4. The maximum absolute atomic E-state index is 12.3. The number of halogens is 1. The molecule has 1 aromatic carbocycles. The average Bonchev–Trinajstić information content (AvgIpc) is 3.16. The number of anilines is 1. The van der Waals surface area contributed by atoms with E-state index in [0.29, 0.717) is 6.54 Å². The summed E-state index contributed by atoms with van der Waals surface area (Å²) in [6, 6.07) is 9.56. The van der Waals surface area contributed by atoms with Gasteiger partial charge in [-0.3, -0.25) is 9.48 Å². The molecule has 0 bridgehead atoms. The van der Waals surface area contributed by atoms with E-state index >= 15 is 0 Å². The van der Waals surface area contributed by atoms with E-state index < -0.39 is 0 Å². The Labute approximate surface area is 148 Å². The maximum atomic E-state index is 12.3. The third kappa shape index (κ3) is 3.91. The molecule has 0 saturated carbocycles. The predicted molar refractivity (Wildman–Crippen MR) is 96.0 cm³/mol. The Hall–Kier alpha value is -2.41. The highest BCUT2D eigenvalue weighted by molar-refractivity contribution is 9.10. The van der Waals surface area contributed by atoms with Crippen LogP contribution in [-0.4, -0.2) is 25.5 Å². The van der Waals surface area contributed by atoms with Crippen LogP contribution >= 0.6 is 15.9 Å². The molecule has 0 spiro atoms. The summed E-state index contributed by atoms with van der Waals surface area (Å²) in [6.07, 6.45) is 5.47. The fourth-order valence-corrected chi connectivity index (χ4v) is 2.65. The second-order valence-electron chi connectivity index (χ2n) is 5.72. The Morgan fingerprint density at radius 1 is 1.29 bits per heavy atom. The van der Waals surface area contributed by atoms with Crippen molar-refractivity contribution in [2.45, 2.75) is 20.4 Å². The molecule has 0 saturated heterocycles. The van der Waals surface area contributed by atoms with E-state index in [9.17, 15) is 4.79 Å². The Kier molecular flexibility index (Phi) is 4.80. The zero-order valence-corrected chi connectivity index (χ0v) is 15.1. The van der Waals surface area contributed by atoms with Crippen LogP contribution in [0.25, 0.3) is 5.69 Å². The summed E-state index contributed by atoms with van der Waals surface area (Å²) in [7, 11) is 0. The predicted octanol–water partition coefficient (Wildman–Crippen LogP) is 3.41. The third-order valence-electron chi connectivity index (χ3n) is 3.63. The van der Waals surface area contributed by atoms with E-state index in [2.05, 4.69) is 31.4 Å². The number of carbonyl (C=O) groups excluding carboxylic acids is 1. The SMILES string of the molecule is Cc1ccn(-c2ccc(NC(=O)C(C)Cn3cc(Br)cn3)cc2)n1. The quantitative estimate of drug-likeness (QED) is 0.729. The summed E-state index contributed by atoms with van der Waals surface area (Å²) < 4.78 is 4.45. The molecule has 3 rings (SSSR count). The van der Waals surface area contributed by atoms with Gasteiger partial charge in [-0.25, -0.2) is 4.68 Å². The van der Waals surface area contributed by atoms with Gasteiger partial charge < -0.3 is 5.32 Å². The van der Waals surface area contributed by atoms with Crippen molar-refractivity contribution in [3.05, 3.63) is 59.1 Å². The monoisotopic (exact) mass is 387 g/mol. The number of amides is 1. The zero-order valence-electron chi connectivity index (χ0n) is 13.5. The molecule has 1 N–H and O–H groups in total. The maximum Gasteiger partial charge on any atom is 0.229 e. The van der Waals surface area contributed by atoms with Gasteiger partial charge in [-0.2, -0.15) is 10.2 Å². The lowest BCUT2D eigenvalue weighted by atomic mass is 10.1. The molecule has 1 amide bonds. The van der Waals surface area contributed by atoms with Gasteiger partial charge in [-0.15, -0.1) is 0 Å². The highest BCUT2D eigenvalue weighted by atomic mass is 79.9. The first-order valence-electron chi connectivity index (χ1n) is 7.63. The van der Waals surface area contributed by atoms with Crippen molar-refractivity contribution < 1.29 is 4.79 Å². The molecular formula is C17H18BrN5O. The van der Waals surface area contributed by atoms with Crippen LogP contribution in [0.5, 0.6) is 0 Å². The number of benzene rings is 1. The van der Waals surface area contributed by atoms with E-state index in [1.807, 2.05) is 56.6 Å². The Morgan fingerprint density at radius 2 is 2.04 bits per heavy atom. The van der Waals surface area contributed by atoms with Gasteiger partial charge in [0.15, 0.2) is 0 Å². The molecule has 0 radical (unpaired) electrons. The minimum Gasteiger partial charge on any atom is -0.326 e. The summed E-state index contributed by atoms with van der Waals surface area (Å²) in [5.41, 5.74) is 2.68. The van der Waals surface area contributed by atoms with Crippen molar-refractivity contribution in [1.29, 1.82) is 0 Å². The number of nitrogens with zero attached hydrogens (tertiary/aromatic N) is 4. The van der Waals surface area contributed by atoms with Crippen LogP contribution < -0.4 is 5.32 Å². The molecular weight excluding hydrogens is 370 g/mol. The van der Waals surface area contributed by atoms with E-state index in [-0.39, 0.29) is 11.8 Å². The Balaban J connectivity index is 1.61. The van der Waals surface area contributed by atoms with Crippen LogP contribution in [0.2, 0.25) is 0 Å². The summed E-state index contributed by atoms with van der Waals surface area (Å²) in [6.45, 7) is 4.36. The highest BCUT2D eigenvalue weighted by Crippen LogP contribution is 2.15. The minimum atomic E-state index is -0.190. The minimum absolute atomic E-state index is 0.0377. The van der Waals surface area contributed by atoms with Crippen molar-refractivity contribution >= 4 is 27.5 Å². The lowest BCUT2D eigenvalue weighted by Crippen LogP contribution is -2.24. The van der Waals surface area contributed by atoms with Gasteiger partial charge in [0.2, 0.25) is 5.91 Å². The van der Waals surface area contributed by atoms with Crippen LogP contribution in [0.4, 0.5) is 5.69 Å². The Morgan fingerprint density at radius 3 is 2.62 bits per heavy atom. The van der Waals surface area contributed by atoms with Gasteiger partial charge in [0.1, 0.15) is 0 Å². The van der Waals surface area contributed by atoms with Gasteiger partial charge in [-0.05, 0) is 53.2 Å². The van der Waals surface area contributed by atoms with Crippen molar-refractivity contribution in [2.24, 2.45) is 5.92 Å². The first-order chi connectivity index (χ1) is 11.5. The molecule has 0 aliphatic carbocycles. The second kappa shape index (κ2) is 7.00. The summed E-state index contributed by atoms with van der Waals surface area (Å²) in [5, 5.41) is 11.5. The molecule has 6 nitrogen and oxygen atoms in total. The topological polar surface area (TPSA) is 64.7 Å². The molecule has 1 unspecified atom stereocenters. The van der Waals surface area contributed by atoms with Crippen molar-refractivity contribution in [1.82, 2.24) is 19.6 Å². The van der Waals surface area contributed by atoms with Crippen molar-refractivity contribution in [3.63, 3.8) is 0 Å². The molecule has 0 aliphatic heterocycles. The zero-order chi connectivity index (χ0) is 17.1. The number of nitrogens with one attached hydrogen (secondary N) is 1. The molecule has 0 fully saturated rings. The normalized spacial score (nSPS) is 12.1. The number of hydrogen-bond acceptors (Lipinski definition) is 3. The van der Waals surface area contributed by atoms with Gasteiger partial charge in [0.05, 0.1) is 34.5 Å². The van der Waals surface area contributed by atoms with Crippen LogP contribution in [0.3, 0.4) is 0 Å². The van der Waals surface area contributed by atoms with Gasteiger partial charge in [0.25, 0.3) is 0 Å². The molecule has 24 heavy (non-hydrogen) atoms. The lowest BCUT2D eigenvalue weighted by Gasteiger charge is -2.12. The van der Waals surface area contributed by atoms with E-state index in [0.717, 1.165) is 21.5 Å². The van der Waals surface area contributed by atoms with Crippen LogP contribution in [-0.2, 0) is 11.3 Å². The number of rotatable bonds is 5. The van der Waals surface area contributed by atoms with E-state index in [4.69, 9.17) is 0 Å². The van der Waals surface area contributed by atoms with E-state index in [1.54, 1.807) is 15.6 Å². The first kappa shape index (κ1) is 16.4. The second-order valence-corrected chi connectivity index (χ2v) is 6.64. The van der Waals surface area contributed by atoms with E-state index in [1.165, 1.54) is 0 Å². The largest absolute Gasteiger partial charge is 0.326 e. The van der Waals surface area contributed by atoms with Crippen LogP contribution in [0, 0.1) is 12.8 Å². The molecule has 124 valence electrons. The third-order valence-corrected chi connectivity index (χ3v) is 4.04.